The summed E-state index contributed by atoms with van der Waals surface area (Å²) >= 11 is 0. The molecular weight excluding hydrogens is 358 g/mol. The van der Waals surface area contributed by atoms with Crippen LogP contribution in [-0.4, -0.2) is 72.6 Å². The average molecular weight is 389 g/mol. The van der Waals surface area contributed by atoms with Crippen molar-refractivity contribution in [2.24, 2.45) is 5.92 Å². The van der Waals surface area contributed by atoms with Gasteiger partial charge in [0.05, 0.1) is 7.11 Å². The number of hydrogen-bond acceptors (Lipinski definition) is 5. The third kappa shape index (κ3) is 4.82. The number of rotatable bonds is 6. The van der Waals surface area contributed by atoms with Crippen LogP contribution in [0.25, 0.3) is 0 Å². The summed E-state index contributed by atoms with van der Waals surface area (Å²) in [7, 11) is 1.58. The molecule has 2 amide bonds. The van der Waals surface area contributed by atoms with Crippen LogP contribution in [0.5, 0.6) is 5.75 Å². The van der Waals surface area contributed by atoms with E-state index < -0.39 is 0 Å². The summed E-state index contributed by atoms with van der Waals surface area (Å²) < 4.78 is 10.6. The van der Waals surface area contributed by atoms with E-state index in [1.165, 1.54) is 0 Å². The zero-order valence-electron chi connectivity index (χ0n) is 16.9. The number of hydrogen-bond donors (Lipinski definition) is 0. The maximum Gasteiger partial charge on any atom is 0.272 e. The monoisotopic (exact) mass is 389 g/mol. The Labute approximate surface area is 167 Å². The molecule has 2 unspecified atom stereocenters. The third-order valence-corrected chi connectivity index (χ3v) is 5.77. The molecule has 3 rings (SSSR count). The maximum absolute atomic E-state index is 13.0. The molecule has 2 atom stereocenters. The molecule has 28 heavy (non-hydrogen) atoms. The van der Waals surface area contributed by atoms with Gasteiger partial charge in [-0.2, -0.15) is 0 Å². The number of nitrogens with zero attached hydrogens (tertiary/aromatic N) is 3. The van der Waals surface area contributed by atoms with Crippen molar-refractivity contribution in [2.75, 3.05) is 40.0 Å². The SMILES string of the molecule is CCOCC(=O)N1CCCCC1C1CCCN(C(=O)c2cc(OC)ccn2)C1. The molecule has 0 radical (unpaired) electrons. The first kappa shape index (κ1) is 20.6. The van der Waals surface area contributed by atoms with Crippen molar-refractivity contribution >= 4 is 11.8 Å². The van der Waals surface area contributed by atoms with Gasteiger partial charge in [-0.3, -0.25) is 14.6 Å². The highest BCUT2D eigenvalue weighted by Gasteiger charge is 2.36. The zero-order chi connectivity index (χ0) is 19.9. The van der Waals surface area contributed by atoms with Crippen LogP contribution in [0, 0.1) is 5.92 Å². The van der Waals surface area contributed by atoms with Crippen molar-refractivity contribution < 1.29 is 19.1 Å². The van der Waals surface area contributed by atoms with Crippen LogP contribution in [0.4, 0.5) is 0 Å². The van der Waals surface area contributed by atoms with Gasteiger partial charge in [0.15, 0.2) is 0 Å². The highest BCUT2D eigenvalue weighted by Crippen LogP contribution is 2.30. The second kappa shape index (κ2) is 9.87. The standard InChI is InChI=1S/C21H31N3O4/c1-3-28-15-20(25)24-12-5-4-8-19(24)16-7-6-11-23(14-16)21(26)18-13-17(27-2)9-10-22-18/h9-10,13,16,19H,3-8,11-12,14-15H2,1-2H3. The number of pyridine rings is 1. The van der Waals surface area contributed by atoms with E-state index in [9.17, 15) is 9.59 Å². The molecule has 0 spiro atoms. The molecule has 1 aromatic rings. The third-order valence-electron chi connectivity index (χ3n) is 5.77. The lowest BCUT2D eigenvalue weighted by Crippen LogP contribution is -2.53. The molecule has 2 aliphatic heterocycles. The minimum Gasteiger partial charge on any atom is -0.497 e. The topological polar surface area (TPSA) is 72.0 Å². The van der Waals surface area contributed by atoms with Gasteiger partial charge in [0.2, 0.25) is 5.91 Å². The Hall–Kier alpha value is -2.15. The fourth-order valence-corrected chi connectivity index (χ4v) is 4.35. The molecule has 2 aliphatic rings. The van der Waals surface area contributed by atoms with Gasteiger partial charge in [-0.05, 0) is 51.0 Å². The molecule has 3 heterocycles. The van der Waals surface area contributed by atoms with E-state index in [1.54, 1.807) is 25.4 Å². The van der Waals surface area contributed by atoms with Gasteiger partial charge in [-0.1, -0.05) is 0 Å². The Kier molecular flexibility index (Phi) is 7.25. The van der Waals surface area contributed by atoms with E-state index in [0.29, 0.717) is 30.5 Å². The van der Waals surface area contributed by atoms with Gasteiger partial charge in [0, 0.05) is 44.5 Å². The Bertz CT molecular complexity index is 681. The van der Waals surface area contributed by atoms with Crippen LogP contribution in [0.15, 0.2) is 18.3 Å². The zero-order valence-corrected chi connectivity index (χ0v) is 16.9. The van der Waals surface area contributed by atoms with Gasteiger partial charge < -0.3 is 19.3 Å². The summed E-state index contributed by atoms with van der Waals surface area (Å²) in [5.41, 5.74) is 0.410. The lowest BCUT2D eigenvalue weighted by Gasteiger charge is -2.44. The number of methoxy groups -OCH3 is 1. The number of carbonyl (C=O) groups is 2. The van der Waals surface area contributed by atoms with Crippen LogP contribution < -0.4 is 4.74 Å². The van der Waals surface area contributed by atoms with E-state index in [-0.39, 0.29) is 24.5 Å². The van der Waals surface area contributed by atoms with Crippen molar-refractivity contribution in [3.05, 3.63) is 24.0 Å². The second-order valence-electron chi connectivity index (χ2n) is 7.52. The van der Waals surface area contributed by atoms with Gasteiger partial charge >= 0.3 is 0 Å². The van der Waals surface area contributed by atoms with Gasteiger partial charge in [-0.15, -0.1) is 0 Å². The number of amides is 2. The van der Waals surface area contributed by atoms with Crippen molar-refractivity contribution in [1.82, 2.24) is 14.8 Å². The molecule has 0 bridgehead atoms. The molecule has 0 saturated carbocycles. The van der Waals surface area contributed by atoms with Crippen molar-refractivity contribution in [3.63, 3.8) is 0 Å². The Balaban J connectivity index is 1.68. The van der Waals surface area contributed by atoms with Crippen LogP contribution in [-0.2, 0) is 9.53 Å². The average Bonchev–Trinajstić information content (AvgIpc) is 2.77. The van der Waals surface area contributed by atoms with Crippen LogP contribution in [0.2, 0.25) is 0 Å². The van der Waals surface area contributed by atoms with E-state index in [2.05, 4.69) is 4.98 Å². The molecule has 7 nitrogen and oxygen atoms in total. The molecule has 0 aliphatic carbocycles. The molecule has 0 N–H and O–H groups in total. The molecule has 7 heteroatoms. The highest BCUT2D eigenvalue weighted by molar-refractivity contribution is 5.92. The molecule has 2 fully saturated rings. The lowest BCUT2D eigenvalue weighted by molar-refractivity contribution is -0.141. The van der Waals surface area contributed by atoms with Crippen molar-refractivity contribution in [1.29, 1.82) is 0 Å². The summed E-state index contributed by atoms with van der Waals surface area (Å²) in [6, 6.07) is 3.61. The van der Waals surface area contributed by atoms with E-state index in [0.717, 1.165) is 45.2 Å². The first-order valence-corrected chi connectivity index (χ1v) is 10.3. The fraction of sp³-hybridized carbons (Fsp3) is 0.667. The van der Waals surface area contributed by atoms with Gasteiger partial charge in [0.1, 0.15) is 18.1 Å². The van der Waals surface area contributed by atoms with E-state index in [4.69, 9.17) is 9.47 Å². The fourth-order valence-electron chi connectivity index (χ4n) is 4.35. The summed E-state index contributed by atoms with van der Waals surface area (Å²) in [5, 5.41) is 0. The quantitative estimate of drug-likeness (QED) is 0.747. The minimum atomic E-state index is -0.0633. The summed E-state index contributed by atoms with van der Waals surface area (Å²) in [4.78, 5) is 33.7. The smallest absolute Gasteiger partial charge is 0.272 e. The Morgan fingerprint density at radius 2 is 2.07 bits per heavy atom. The number of likely N-dealkylation sites (tertiary alicyclic amines) is 2. The van der Waals surface area contributed by atoms with E-state index >= 15 is 0 Å². The number of ether oxygens (including phenoxy) is 2. The Morgan fingerprint density at radius 1 is 1.21 bits per heavy atom. The predicted molar refractivity (Wildman–Crippen MR) is 105 cm³/mol. The highest BCUT2D eigenvalue weighted by atomic mass is 16.5. The lowest BCUT2D eigenvalue weighted by atomic mass is 9.84. The molecule has 1 aromatic heterocycles. The van der Waals surface area contributed by atoms with Gasteiger partial charge in [-0.25, -0.2) is 0 Å². The normalized spacial score (nSPS) is 22.8. The van der Waals surface area contributed by atoms with Crippen LogP contribution >= 0.6 is 0 Å². The largest absolute Gasteiger partial charge is 0.497 e. The van der Waals surface area contributed by atoms with Gasteiger partial charge in [0.25, 0.3) is 5.91 Å². The predicted octanol–water partition coefficient (Wildman–Crippen LogP) is 2.36. The molecule has 0 aromatic carbocycles. The van der Waals surface area contributed by atoms with Crippen molar-refractivity contribution in [3.8, 4) is 5.75 Å². The van der Waals surface area contributed by atoms with Crippen LogP contribution in [0.1, 0.15) is 49.5 Å². The molecule has 154 valence electrons. The summed E-state index contributed by atoms with van der Waals surface area (Å²) in [5.74, 6) is 0.942. The number of piperidine rings is 2. The minimum absolute atomic E-state index is 0.0633. The molecule has 2 saturated heterocycles. The maximum atomic E-state index is 13.0. The van der Waals surface area contributed by atoms with E-state index in [1.807, 2.05) is 16.7 Å². The van der Waals surface area contributed by atoms with Crippen molar-refractivity contribution in [2.45, 2.75) is 45.1 Å². The first-order valence-electron chi connectivity index (χ1n) is 10.3. The second-order valence-corrected chi connectivity index (χ2v) is 7.52. The summed E-state index contributed by atoms with van der Waals surface area (Å²) in [6.45, 7) is 4.78. The summed E-state index contributed by atoms with van der Waals surface area (Å²) in [6.07, 6.45) is 6.76. The Morgan fingerprint density at radius 3 is 2.86 bits per heavy atom. The first-order chi connectivity index (χ1) is 13.6. The number of carbonyl (C=O) groups excluding carboxylic acids is 2. The molecular formula is C21H31N3O4. The number of aromatic nitrogens is 1. The van der Waals surface area contributed by atoms with Crippen LogP contribution in [0.3, 0.4) is 0 Å².